The summed E-state index contributed by atoms with van der Waals surface area (Å²) in [5, 5.41) is 3.22. The summed E-state index contributed by atoms with van der Waals surface area (Å²) >= 11 is 6.00. The van der Waals surface area contributed by atoms with E-state index in [2.05, 4.69) is 5.32 Å². The third-order valence-electron chi connectivity index (χ3n) is 3.43. The number of carbonyl (C=O) groups excluding carboxylic acids is 1. The predicted molar refractivity (Wildman–Crippen MR) is 82.8 cm³/mol. The van der Waals surface area contributed by atoms with Gasteiger partial charge >= 0.3 is 0 Å². The number of halogens is 1. The Morgan fingerprint density at radius 3 is 2.57 bits per heavy atom. The first-order valence-electron chi connectivity index (χ1n) is 6.92. The molecule has 0 aromatic heterocycles. The van der Waals surface area contributed by atoms with E-state index < -0.39 is 15.6 Å². The highest BCUT2D eigenvalue weighted by Crippen LogP contribution is 2.30. The van der Waals surface area contributed by atoms with E-state index in [9.17, 15) is 13.2 Å². The Morgan fingerprint density at radius 1 is 1.19 bits per heavy atom. The standard InChI is InChI=1S/C15H18ClNO3S/c1-11(18)15(13-8-3-2-6-10-17-13)21(19,20)14-9-5-4-7-12(14)16/h4-5,7,9,17H,2-3,6,8,10H2,1H3/b15-13-. The van der Waals surface area contributed by atoms with Crippen molar-refractivity contribution in [3.05, 3.63) is 39.9 Å². The van der Waals surface area contributed by atoms with Crippen LogP contribution in [0.2, 0.25) is 5.02 Å². The number of Topliss-reactive ketones (excluding diaryl/α,β-unsaturated/α-hetero) is 1. The Bertz CT molecular complexity index is 670. The number of hydrogen-bond acceptors (Lipinski definition) is 4. The normalized spacial score (nSPS) is 18.6. The fourth-order valence-corrected chi connectivity index (χ4v) is 4.58. The Morgan fingerprint density at radius 2 is 1.90 bits per heavy atom. The summed E-state index contributed by atoms with van der Waals surface area (Å²) in [5.74, 6) is -0.459. The average molecular weight is 328 g/mol. The first-order valence-corrected chi connectivity index (χ1v) is 8.78. The number of nitrogens with one attached hydrogen (secondary N) is 1. The summed E-state index contributed by atoms with van der Waals surface area (Å²) in [5.41, 5.74) is 0.514. The van der Waals surface area contributed by atoms with Gasteiger partial charge in [-0.1, -0.05) is 30.2 Å². The molecule has 114 valence electrons. The summed E-state index contributed by atoms with van der Waals surface area (Å²) < 4.78 is 25.6. The molecular weight excluding hydrogens is 310 g/mol. The molecule has 1 fully saturated rings. The first-order chi connectivity index (χ1) is 9.94. The van der Waals surface area contributed by atoms with Crippen molar-refractivity contribution in [2.24, 2.45) is 0 Å². The molecule has 1 aliphatic rings. The summed E-state index contributed by atoms with van der Waals surface area (Å²) in [6.07, 6.45) is 3.43. The molecule has 1 aromatic rings. The molecule has 1 N–H and O–H groups in total. The lowest BCUT2D eigenvalue weighted by atomic mass is 10.2. The molecule has 0 atom stereocenters. The number of rotatable bonds is 3. The van der Waals surface area contributed by atoms with Crippen molar-refractivity contribution in [1.29, 1.82) is 0 Å². The van der Waals surface area contributed by atoms with Crippen LogP contribution in [0.25, 0.3) is 0 Å². The maximum atomic E-state index is 12.8. The number of carbonyl (C=O) groups is 1. The van der Waals surface area contributed by atoms with Gasteiger partial charge in [-0.3, -0.25) is 4.79 Å². The van der Waals surface area contributed by atoms with E-state index in [-0.39, 0.29) is 14.8 Å². The van der Waals surface area contributed by atoms with Crippen molar-refractivity contribution < 1.29 is 13.2 Å². The summed E-state index contributed by atoms with van der Waals surface area (Å²) in [7, 11) is -3.91. The maximum Gasteiger partial charge on any atom is 0.213 e. The molecule has 0 unspecified atom stereocenters. The minimum absolute atomic E-state index is 0.0181. The van der Waals surface area contributed by atoms with Crippen molar-refractivity contribution in [3.8, 4) is 0 Å². The van der Waals surface area contributed by atoms with Gasteiger partial charge < -0.3 is 5.32 Å². The molecule has 0 amide bonds. The molecule has 21 heavy (non-hydrogen) atoms. The zero-order valence-corrected chi connectivity index (χ0v) is 13.4. The van der Waals surface area contributed by atoms with Gasteiger partial charge in [-0.15, -0.1) is 0 Å². The lowest BCUT2D eigenvalue weighted by Gasteiger charge is -2.14. The molecule has 0 spiro atoms. The van der Waals surface area contributed by atoms with E-state index in [1.54, 1.807) is 12.1 Å². The van der Waals surface area contributed by atoms with Crippen LogP contribution in [0.15, 0.2) is 39.8 Å². The van der Waals surface area contributed by atoms with Crippen molar-refractivity contribution in [1.82, 2.24) is 5.32 Å². The van der Waals surface area contributed by atoms with Gasteiger partial charge in [-0.2, -0.15) is 0 Å². The predicted octanol–water partition coefficient (Wildman–Crippen LogP) is 3.08. The molecule has 1 saturated heterocycles. The van der Waals surface area contributed by atoms with E-state index in [0.717, 1.165) is 19.3 Å². The van der Waals surface area contributed by atoms with E-state index in [0.29, 0.717) is 18.7 Å². The van der Waals surface area contributed by atoms with Crippen LogP contribution >= 0.6 is 11.6 Å². The van der Waals surface area contributed by atoms with Crippen LogP contribution in [-0.2, 0) is 14.6 Å². The van der Waals surface area contributed by atoms with Crippen LogP contribution < -0.4 is 5.32 Å². The third kappa shape index (κ3) is 3.47. The smallest absolute Gasteiger partial charge is 0.213 e. The fraction of sp³-hybridized carbons (Fsp3) is 0.400. The first kappa shape index (κ1) is 16.0. The highest BCUT2D eigenvalue weighted by molar-refractivity contribution is 7.96. The quantitative estimate of drug-likeness (QED) is 0.867. The lowest BCUT2D eigenvalue weighted by Crippen LogP contribution is -2.22. The van der Waals surface area contributed by atoms with Crippen LogP contribution in [0.4, 0.5) is 0 Å². The monoisotopic (exact) mass is 327 g/mol. The van der Waals surface area contributed by atoms with Crippen LogP contribution in [0.1, 0.15) is 32.6 Å². The van der Waals surface area contributed by atoms with E-state index in [1.165, 1.54) is 19.1 Å². The van der Waals surface area contributed by atoms with Gasteiger partial charge in [-0.05, 0) is 38.3 Å². The Hall–Kier alpha value is -1.33. The summed E-state index contributed by atoms with van der Waals surface area (Å²) in [6.45, 7) is 1.97. The largest absolute Gasteiger partial charge is 0.387 e. The molecular formula is C15H18ClNO3S. The van der Waals surface area contributed by atoms with Crippen LogP contribution in [0.3, 0.4) is 0 Å². The van der Waals surface area contributed by atoms with Gasteiger partial charge in [0.05, 0.1) is 9.92 Å². The number of ketones is 1. The van der Waals surface area contributed by atoms with Gasteiger partial charge in [0.2, 0.25) is 9.84 Å². The van der Waals surface area contributed by atoms with Crippen molar-refractivity contribution in [3.63, 3.8) is 0 Å². The third-order valence-corrected chi connectivity index (χ3v) is 5.88. The Kier molecular flexibility index (Phi) is 5.06. The van der Waals surface area contributed by atoms with Crippen molar-refractivity contribution >= 4 is 27.2 Å². The van der Waals surface area contributed by atoms with Gasteiger partial charge in [0, 0.05) is 12.2 Å². The minimum atomic E-state index is -3.91. The zero-order valence-electron chi connectivity index (χ0n) is 11.9. The zero-order chi connectivity index (χ0) is 15.5. The fourth-order valence-electron chi connectivity index (χ4n) is 2.46. The minimum Gasteiger partial charge on any atom is -0.387 e. The number of benzene rings is 1. The van der Waals surface area contributed by atoms with Gasteiger partial charge in [0.25, 0.3) is 0 Å². The molecule has 1 aromatic carbocycles. The SMILES string of the molecule is CC(=O)/C(=C1\CCCCCN1)S(=O)(=O)c1ccccc1Cl. The number of hydrogen-bond donors (Lipinski definition) is 1. The molecule has 0 saturated carbocycles. The van der Waals surface area contributed by atoms with Crippen molar-refractivity contribution in [2.45, 2.75) is 37.5 Å². The molecule has 2 rings (SSSR count). The molecule has 0 bridgehead atoms. The van der Waals surface area contributed by atoms with E-state index in [4.69, 9.17) is 11.6 Å². The summed E-state index contributed by atoms with van der Waals surface area (Å²) in [4.78, 5) is 11.8. The Balaban J connectivity index is 2.59. The van der Waals surface area contributed by atoms with Gasteiger partial charge in [0.1, 0.15) is 4.91 Å². The summed E-state index contributed by atoms with van der Waals surface area (Å²) in [6, 6.07) is 6.20. The average Bonchev–Trinajstić information content (AvgIpc) is 2.67. The second-order valence-electron chi connectivity index (χ2n) is 5.04. The lowest BCUT2D eigenvalue weighted by molar-refractivity contribution is -0.113. The van der Waals surface area contributed by atoms with Gasteiger partial charge in [-0.25, -0.2) is 8.42 Å². The van der Waals surface area contributed by atoms with Crippen molar-refractivity contribution in [2.75, 3.05) is 6.54 Å². The van der Waals surface area contributed by atoms with Crippen LogP contribution in [-0.4, -0.2) is 20.7 Å². The topological polar surface area (TPSA) is 63.2 Å². The Labute approximate surface area is 130 Å². The van der Waals surface area contributed by atoms with E-state index in [1.807, 2.05) is 0 Å². The highest BCUT2D eigenvalue weighted by Gasteiger charge is 2.30. The van der Waals surface area contributed by atoms with Crippen LogP contribution in [0, 0.1) is 0 Å². The van der Waals surface area contributed by atoms with Crippen LogP contribution in [0.5, 0.6) is 0 Å². The number of allylic oxidation sites excluding steroid dienone is 2. The molecule has 0 radical (unpaired) electrons. The number of sulfone groups is 1. The maximum absolute atomic E-state index is 12.8. The molecule has 4 nitrogen and oxygen atoms in total. The van der Waals surface area contributed by atoms with Gasteiger partial charge in [0.15, 0.2) is 5.78 Å². The van der Waals surface area contributed by atoms with E-state index >= 15 is 0 Å². The molecule has 1 aliphatic heterocycles. The highest BCUT2D eigenvalue weighted by atomic mass is 35.5. The molecule has 1 heterocycles. The second kappa shape index (κ2) is 6.62. The molecule has 6 heteroatoms. The molecule has 0 aliphatic carbocycles. The second-order valence-corrected chi connectivity index (χ2v) is 7.30.